The molecule has 0 aliphatic heterocycles. The van der Waals surface area contributed by atoms with Crippen LogP contribution in [0.2, 0.25) is 0 Å². The molecular formula is C16H17BrO3. The standard InChI is InChI=1S/C16H17BrO3/c1-11(18)15-8-7-14(19-2)9-16(15)20-10-12-3-5-13(17)6-4-12/h3-9,11,18H,10H2,1-2H3. The van der Waals surface area contributed by atoms with E-state index in [4.69, 9.17) is 9.47 Å². The maximum atomic E-state index is 9.77. The number of methoxy groups -OCH3 is 1. The van der Waals surface area contributed by atoms with E-state index in [-0.39, 0.29) is 0 Å². The van der Waals surface area contributed by atoms with Gasteiger partial charge in [0.1, 0.15) is 18.1 Å². The zero-order valence-corrected chi connectivity index (χ0v) is 13.1. The average molecular weight is 337 g/mol. The number of aliphatic hydroxyl groups excluding tert-OH is 1. The lowest BCUT2D eigenvalue weighted by molar-refractivity contribution is 0.190. The fraction of sp³-hybridized carbons (Fsp3) is 0.250. The molecule has 1 N–H and O–H groups in total. The summed E-state index contributed by atoms with van der Waals surface area (Å²) < 4.78 is 12.0. The summed E-state index contributed by atoms with van der Waals surface area (Å²) in [5, 5.41) is 9.77. The molecular weight excluding hydrogens is 320 g/mol. The summed E-state index contributed by atoms with van der Waals surface area (Å²) in [7, 11) is 1.61. The SMILES string of the molecule is COc1ccc(C(C)O)c(OCc2ccc(Br)cc2)c1. The van der Waals surface area contributed by atoms with Crippen LogP contribution < -0.4 is 9.47 Å². The molecule has 0 bridgehead atoms. The summed E-state index contributed by atoms with van der Waals surface area (Å²) in [4.78, 5) is 0. The van der Waals surface area contributed by atoms with Crippen LogP contribution in [-0.2, 0) is 6.61 Å². The van der Waals surface area contributed by atoms with Gasteiger partial charge in [-0.1, -0.05) is 28.1 Å². The molecule has 0 aliphatic carbocycles. The summed E-state index contributed by atoms with van der Waals surface area (Å²) in [5.41, 5.74) is 1.82. The van der Waals surface area contributed by atoms with Crippen molar-refractivity contribution in [2.45, 2.75) is 19.6 Å². The first-order valence-electron chi connectivity index (χ1n) is 6.33. The number of aliphatic hydroxyl groups is 1. The average Bonchev–Trinajstić information content (AvgIpc) is 2.46. The molecule has 0 spiro atoms. The van der Waals surface area contributed by atoms with Crippen LogP contribution in [0.1, 0.15) is 24.2 Å². The van der Waals surface area contributed by atoms with Crippen molar-refractivity contribution in [1.29, 1.82) is 0 Å². The quantitative estimate of drug-likeness (QED) is 0.893. The Morgan fingerprint density at radius 1 is 1.15 bits per heavy atom. The highest BCUT2D eigenvalue weighted by atomic mass is 79.9. The maximum Gasteiger partial charge on any atom is 0.129 e. The van der Waals surface area contributed by atoms with Crippen LogP contribution in [0, 0.1) is 0 Å². The lowest BCUT2D eigenvalue weighted by Gasteiger charge is -2.15. The normalized spacial score (nSPS) is 12.0. The third-order valence-corrected chi connectivity index (χ3v) is 3.51. The van der Waals surface area contributed by atoms with Gasteiger partial charge in [0.25, 0.3) is 0 Å². The molecule has 0 aliphatic rings. The summed E-state index contributed by atoms with van der Waals surface area (Å²) in [6.45, 7) is 2.16. The number of ether oxygens (including phenoxy) is 2. The number of hydrogen-bond acceptors (Lipinski definition) is 3. The molecule has 3 nitrogen and oxygen atoms in total. The fourth-order valence-corrected chi connectivity index (χ4v) is 2.12. The second kappa shape index (κ2) is 6.77. The molecule has 0 saturated heterocycles. The summed E-state index contributed by atoms with van der Waals surface area (Å²) >= 11 is 3.40. The molecule has 2 rings (SSSR count). The van der Waals surface area contributed by atoms with E-state index in [1.165, 1.54) is 0 Å². The van der Waals surface area contributed by atoms with E-state index in [0.717, 1.165) is 15.6 Å². The lowest BCUT2D eigenvalue weighted by Crippen LogP contribution is -2.01. The van der Waals surface area contributed by atoms with Gasteiger partial charge in [-0.2, -0.15) is 0 Å². The van der Waals surface area contributed by atoms with Crippen molar-refractivity contribution in [3.05, 3.63) is 58.1 Å². The van der Waals surface area contributed by atoms with Gasteiger partial charge in [0.2, 0.25) is 0 Å². The Hall–Kier alpha value is -1.52. The van der Waals surface area contributed by atoms with Crippen LogP contribution in [0.3, 0.4) is 0 Å². The monoisotopic (exact) mass is 336 g/mol. The first kappa shape index (κ1) is 14.9. The molecule has 0 radical (unpaired) electrons. The molecule has 1 atom stereocenters. The van der Waals surface area contributed by atoms with Crippen LogP contribution in [0.25, 0.3) is 0 Å². The first-order valence-corrected chi connectivity index (χ1v) is 7.12. The molecule has 0 amide bonds. The van der Waals surface area contributed by atoms with Gasteiger partial charge in [-0.05, 0) is 36.8 Å². The minimum absolute atomic E-state index is 0.445. The van der Waals surface area contributed by atoms with Crippen LogP contribution in [0.4, 0.5) is 0 Å². The third-order valence-electron chi connectivity index (χ3n) is 2.98. The minimum Gasteiger partial charge on any atom is -0.497 e. The van der Waals surface area contributed by atoms with Gasteiger partial charge in [0.05, 0.1) is 13.2 Å². The molecule has 4 heteroatoms. The highest BCUT2D eigenvalue weighted by molar-refractivity contribution is 9.10. The van der Waals surface area contributed by atoms with Gasteiger partial charge in [0.15, 0.2) is 0 Å². The maximum absolute atomic E-state index is 9.77. The van der Waals surface area contributed by atoms with E-state index in [0.29, 0.717) is 18.1 Å². The Bertz CT molecular complexity index is 564. The van der Waals surface area contributed by atoms with Crippen molar-refractivity contribution in [3.63, 3.8) is 0 Å². The van der Waals surface area contributed by atoms with Crippen molar-refractivity contribution in [2.24, 2.45) is 0 Å². The number of rotatable bonds is 5. The van der Waals surface area contributed by atoms with Gasteiger partial charge < -0.3 is 14.6 Å². The fourth-order valence-electron chi connectivity index (χ4n) is 1.85. The number of hydrogen-bond donors (Lipinski definition) is 1. The Balaban J connectivity index is 2.16. The number of halogens is 1. The Labute approximate surface area is 127 Å². The summed E-state index contributed by atoms with van der Waals surface area (Å²) in [5.74, 6) is 1.35. The lowest BCUT2D eigenvalue weighted by atomic mass is 10.1. The van der Waals surface area contributed by atoms with Gasteiger partial charge in [0, 0.05) is 16.1 Å². The van der Waals surface area contributed by atoms with E-state index in [1.807, 2.05) is 36.4 Å². The van der Waals surface area contributed by atoms with E-state index in [2.05, 4.69) is 15.9 Å². The Morgan fingerprint density at radius 3 is 2.45 bits per heavy atom. The molecule has 2 aromatic rings. The second-order valence-corrected chi connectivity index (χ2v) is 5.41. The van der Waals surface area contributed by atoms with E-state index >= 15 is 0 Å². The summed E-state index contributed by atoms with van der Waals surface area (Å²) in [6, 6.07) is 13.4. The van der Waals surface area contributed by atoms with Crippen molar-refractivity contribution >= 4 is 15.9 Å². The van der Waals surface area contributed by atoms with Crippen molar-refractivity contribution in [1.82, 2.24) is 0 Å². The smallest absolute Gasteiger partial charge is 0.129 e. The van der Waals surface area contributed by atoms with Gasteiger partial charge in [-0.3, -0.25) is 0 Å². The molecule has 0 aromatic heterocycles. The third kappa shape index (κ3) is 3.74. The molecule has 0 saturated carbocycles. The van der Waals surface area contributed by atoms with Crippen molar-refractivity contribution in [3.8, 4) is 11.5 Å². The Morgan fingerprint density at radius 2 is 1.85 bits per heavy atom. The first-order chi connectivity index (χ1) is 9.60. The molecule has 20 heavy (non-hydrogen) atoms. The van der Waals surface area contributed by atoms with Crippen LogP contribution >= 0.6 is 15.9 Å². The zero-order valence-electron chi connectivity index (χ0n) is 11.5. The molecule has 0 heterocycles. The van der Waals surface area contributed by atoms with E-state index in [9.17, 15) is 5.11 Å². The topological polar surface area (TPSA) is 38.7 Å². The van der Waals surface area contributed by atoms with Gasteiger partial charge >= 0.3 is 0 Å². The minimum atomic E-state index is -0.583. The zero-order chi connectivity index (χ0) is 14.5. The predicted octanol–water partition coefficient (Wildman–Crippen LogP) is 4.09. The highest BCUT2D eigenvalue weighted by Crippen LogP contribution is 2.30. The van der Waals surface area contributed by atoms with E-state index in [1.54, 1.807) is 20.1 Å². The predicted molar refractivity (Wildman–Crippen MR) is 82.1 cm³/mol. The van der Waals surface area contributed by atoms with Crippen LogP contribution in [0.5, 0.6) is 11.5 Å². The Kier molecular flexibility index (Phi) is 5.04. The molecule has 1 unspecified atom stereocenters. The second-order valence-electron chi connectivity index (χ2n) is 4.49. The van der Waals surface area contributed by atoms with Crippen molar-refractivity contribution in [2.75, 3.05) is 7.11 Å². The summed E-state index contributed by atoms with van der Waals surface area (Å²) in [6.07, 6.45) is -0.583. The van der Waals surface area contributed by atoms with E-state index < -0.39 is 6.10 Å². The molecule has 0 fully saturated rings. The largest absolute Gasteiger partial charge is 0.497 e. The molecule has 2 aromatic carbocycles. The van der Waals surface area contributed by atoms with Crippen LogP contribution in [0.15, 0.2) is 46.9 Å². The highest BCUT2D eigenvalue weighted by Gasteiger charge is 2.10. The van der Waals surface area contributed by atoms with Gasteiger partial charge in [-0.25, -0.2) is 0 Å². The molecule has 106 valence electrons. The van der Waals surface area contributed by atoms with Gasteiger partial charge in [-0.15, -0.1) is 0 Å². The van der Waals surface area contributed by atoms with Crippen LogP contribution in [-0.4, -0.2) is 12.2 Å². The number of benzene rings is 2. The van der Waals surface area contributed by atoms with Crippen molar-refractivity contribution < 1.29 is 14.6 Å².